The van der Waals surface area contributed by atoms with Crippen molar-refractivity contribution in [3.63, 3.8) is 0 Å². The van der Waals surface area contributed by atoms with Crippen LogP contribution >= 0.6 is 0 Å². The Balaban J connectivity index is 2.37. The number of carbonyl (C=O) groups excluding carboxylic acids is 9. The van der Waals surface area contributed by atoms with Crippen LogP contribution in [0, 0.1) is 0 Å². The molecule has 1 saturated heterocycles. The standard InChI is InChI=1S/C36H56N10O9/c1-3-4-12-25(42-22(2)47)35(54)46-26-14-15-29(48)39-18-16-27(36(55)45-24(32(38)51)13-8-9-17-37)43-30(49)20-41-34(53)28(19-23-10-6-5-7-11-23)44-31(50)21-40-33(26)52/h5-7,10-11,24-28H,3-4,8-9,12-21,37H2,1-2H3,(H2,38,51)(H,39,48)(H,40,52)(H,41,53)(H,42,47)(H,43,49)(H,44,50)(H,45,55)(H,46,54)/t24-,25-,26?,27?,28?/m0/s1. The zero-order valence-electron chi connectivity index (χ0n) is 31.5. The van der Waals surface area contributed by atoms with Gasteiger partial charge < -0.3 is 54.0 Å². The maximum atomic E-state index is 13.4. The summed E-state index contributed by atoms with van der Waals surface area (Å²) in [6.07, 6.45) is 2.30. The van der Waals surface area contributed by atoms with E-state index in [0.717, 1.165) is 6.42 Å². The van der Waals surface area contributed by atoms with Gasteiger partial charge in [0.25, 0.3) is 0 Å². The summed E-state index contributed by atoms with van der Waals surface area (Å²) >= 11 is 0. The van der Waals surface area contributed by atoms with Crippen molar-refractivity contribution < 1.29 is 43.2 Å². The first-order valence-corrected chi connectivity index (χ1v) is 18.6. The molecule has 0 bridgehead atoms. The van der Waals surface area contributed by atoms with E-state index in [9.17, 15) is 43.2 Å². The number of hydrogen-bond acceptors (Lipinski definition) is 10. The molecule has 19 nitrogen and oxygen atoms in total. The first kappa shape index (κ1) is 45.6. The molecular weight excluding hydrogens is 716 g/mol. The van der Waals surface area contributed by atoms with Crippen LogP contribution in [0.15, 0.2) is 30.3 Å². The van der Waals surface area contributed by atoms with Crippen molar-refractivity contribution in [3.05, 3.63) is 35.9 Å². The zero-order chi connectivity index (χ0) is 40.8. The van der Waals surface area contributed by atoms with Gasteiger partial charge in [0.05, 0.1) is 13.1 Å². The highest BCUT2D eigenvalue weighted by molar-refractivity contribution is 5.96. The summed E-state index contributed by atoms with van der Waals surface area (Å²) in [4.78, 5) is 116. The Morgan fingerprint density at radius 3 is 2.09 bits per heavy atom. The van der Waals surface area contributed by atoms with Crippen molar-refractivity contribution in [3.8, 4) is 0 Å². The summed E-state index contributed by atoms with van der Waals surface area (Å²) in [6.45, 7) is 2.20. The van der Waals surface area contributed by atoms with Crippen LogP contribution in [0.25, 0.3) is 0 Å². The molecule has 55 heavy (non-hydrogen) atoms. The predicted octanol–water partition coefficient (Wildman–Crippen LogP) is -2.99. The van der Waals surface area contributed by atoms with Crippen LogP contribution in [0.4, 0.5) is 0 Å². The Morgan fingerprint density at radius 2 is 1.45 bits per heavy atom. The summed E-state index contributed by atoms with van der Waals surface area (Å²) in [5.74, 6) is -6.30. The van der Waals surface area contributed by atoms with E-state index < -0.39 is 96.5 Å². The monoisotopic (exact) mass is 772 g/mol. The molecule has 0 aliphatic carbocycles. The Morgan fingerprint density at radius 1 is 0.800 bits per heavy atom. The maximum Gasteiger partial charge on any atom is 0.243 e. The fraction of sp³-hybridized carbons (Fsp3) is 0.583. The van der Waals surface area contributed by atoms with Crippen molar-refractivity contribution in [2.45, 2.75) is 108 Å². The molecule has 1 aliphatic rings. The molecule has 1 heterocycles. The van der Waals surface area contributed by atoms with Crippen LogP contribution in [0.3, 0.4) is 0 Å². The van der Waals surface area contributed by atoms with Crippen molar-refractivity contribution in [1.82, 2.24) is 42.5 Å². The Hall–Kier alpha value is -5.59. The molecule has 5 atom stereocenters. The summed E-state index contributed by atoms with van der Waals surface area (Å²) in [7, 11) is 0. The lowest BCUT2D eigenvalue weighted by molar-refractivity contribution is -0.133. The lowest BCUT2D eigenvalue weighted by Crippen LogP contribution is -2.56. The van der Waals surface area contributed by atoms with E-state index in [0.29, 0.717) is 37.8 Å². The molecule has 1 aromatic carbocycles. The highest BCUT2D eigenvalue weighted by Gasteiger charge is 2.30. The molecule has 0 saturated carbocycles. The minimum Gasteiger partial charge on any atom is -0.368 e. The number of hydrogen-bond donors (Lipinski definition) is 10. The lowest BCUT2D eigenvalue weighted by Gasteiger charge is -2.23. The van der Waals surface area contributed by atoms with Gasteiger partial charge in [-0.05, 0) is 50.6 Å². The number of rotatable bonds is 15. The molecule has 0 spiro atoms. The van der Waals surface area contributed by atoms with E-state index in [2.05, 4.69) is 42.5 Å². The minimum absolute atomic E-state index is 0.0203. The second-order valence-corrected chi connectivity index (χ2v) is 13.2. The fourth-order valence-corrected chi connectivity index (χ4v) is 5.63. The highest BCUT2D eigenvalue weighted by Crippen LogP contribution is 2.07. The van der Waals surface area contributed by atoms with Gasteiger partial charge in [0, 0.05) is 26.3 Å². The number of nitrogens with two attached hydrogens (primary N) is 2. The number of unbranched alkanes of at least 4 members (excludes halogenated alkanes) is 2. The summed E-state index contributed by atoms with van der Waals surface area (Å²) < 4.78 is 0. The SMILES string of the molecule is CCCC[C@H](NC(C)=O)C(=O)NC1CCC(=O)NCCC(C(=O)N[C@@H](CCCCN)C(N)=O)NC(=O)CNC(=O)C(Cc2ccccc2)NC(=O)CNC1=O. The van der Waals surface area contributed by atoms with E-state index in [1.54, 1.807) is 30.3 Å². The first-order valence-electron chi connectivity index (χ1n) is 18.6. The molecule has 0 radical (unpaired) electrons. The van der Waals surface area contributed by atoms with E-state index in [1.165, 1.54) is 6.92 Å². The minimum atomic E-state index is -1.31. The predicted molar refractivity (Wildman–Crippen MR) is 200 cm³/mol. The van der Waals surface area contributed by atoms with Crippen molar-refractivity contribution in [2.75, 3.05) is 26.2 Å². The molecule has 0 aromatic heterocycles. The van der Waals surface area contributed by atoms with Gasteiger partial charge in [0.2, 0.25) is 53.2 Å². The van der Waals surface area contributed by atoms with Crippen molar-refractivity contribution >= 4 is 53.2 Å². The smallest absolute Gasteiger partial charge is 0.243 e. The summed E-state index contributed by atoms with van der Waals surface area (Å²) in [6, 6.07) is 2.92. The van der Waals surface area contributed by atoms with Gasteiger partial charge in [-0.15, -0.1) is 0 Å². The Labute approximate surface area is 320 Å². The van der Waals surface area contributed by atoms with E-state index in [4.69, 9.17) is 11.5 Å². The van der Waals surface area contributed by atoms with Crippen LogP contribution in [0.2, 0.25) is 0 Å². The first-order chi connectivity index (χ1) is 26.2. The Bertz CT molecular complexity index is 1490. The van der Waals surface area contributed by atoms with Gasteiger partial charge >= 0.3 is 0 Å². The highest BCUT2D eigenvalue weighted by atomic mass is 16.2. The molecule has 1 aliphatic heterocycles. The third kappa shape index (κ3) is 17.9. The van der Waals surface area contributed by atoms with Gasteiger partial charge in [0.15, 0.2) is 0 Å². The summed E-state index contributed by atoms with van der Waals surface area (Å²) in [5.41, 5.74) is 11.7. The molecule has 12 N–H and O–H groups in total. The third-order valence-electron chi connectivity index (χ3n) is 8.63. The Kier molecular flexibility index (Phi) is 20.4. The van der Waals surface area contributed by atoms with Crippen LogP contribution in [0.5, 0.6) is 0 Å². The van der Waals surface area contributed by atoms with E-state index in [1.807, 2.05) is 6.92 Å². The molecule has 9 amide bonds. The van der Waals surface area contributed by atoms with Gasteiger partial charge in [-0.25, -0.2) is 0 Å². The van der Waals surface area contributed by atoms with Crippen LogP contribution in [-0.4, -0.2) is 110 Å². The lowest BCUT2D eigenvalue weighted by atomic mass is 10.1. The van der Waals surface area contributed by atoms with E-state index in [-0.39, 0.29) is 38.6 Å². The number of amides is 9. The average Bonchev–Trinajstić information content (AvgIpc) is 3.14. The van der Waals surface area contributed by atoms with Crippen molar-refractivity contribution in [1.29, 1.82) is 0 Å². The number of benzene rings is 1. The quantitative estimate of drug-likeness (QED) is 0.0807. The summed E-state index contributed by atoms with van der Waals surface area (Å²) in [5, 5.41) is 20.3. The maximum absolute atomic E-state index is 13.4. The molecule has 1 aromatic rings. The number of primary amides is 1. The van der Waals surface area contributed by atoms with Crippen LogP contribution < -0.4 is 54.0 Å². The fourth-order valence-electron chi connectivity index (χ4n) is 5.63. The van der Waals surface area contributed by atoms with Gasteiger partial charge in [-0.3, -0.25) is 43.2 Å². The van der Waals surface area contributed by atoms with E-state index >= 15 is 0 Å². The molecule has 2 rings (SSSR count). The van der Waals surface area contributed by atoms with Gasteiger partial charge in [-0.2, -0.15) is 0 Å². The zero-order valence-corrected chi connectivity index (χ0v) is 31.5. The van der Waals surface area contributed by atoms with Crippen LogP contribution in [-0.2, 0) is 49.6 Å². The molecular formula is C36H56N10O9. The molecule has 19 heteroatoms. The third-order valence-corrected chi connectivity index (χ3v) is 8.63. The number of nitrogens with one attached hydrogen (secondary N) is 8. The van der Waals surface area contributed by atoms with Crippen molar-refractivity contribution in [2.24, 2.45) is 11.5 Å². The van der Waals surface area contributed by atoms with Gasteiger partial charge in [0.1, 0.15) is 30.2 Å². The molecule has 3 unspecified atom stereocenters. The van der Waals surface area contributed by atoms with Gasteiger partial charge in [-0.1, -0.05) is 50.1 Å². The second-order valence-electron chi connectivity index (χ2n) is 13.2. The molecule has 304 valence electrons. The molecule has 1 fully saturated rings. The van der Waals surface area contributed by atoms with Crippen LogP contribution in [0.1, 0.15) is 77.2 Å². The topological polar surface area (TPSA) is 302 Å². The number of carbonyl (C=O) groups is 9. The second kappa shape index (κ2) is 24.7. The average molecular weight is 773 g/mol. The normalized spacial score (nSPS) is 20.3. The largest absolute Gasteiger partial charge is 0.368 e.